The standard InChI is InChI=1S/C21H14BrN5OS/c1-12-24-25-21-27(12)26-20(29-21)13-5-2-6-14(11-13)23-19(28)17-9-3-8-16-15(17)7-4-10-18(16)22/h2-11H,1H3,(H,23,28). The summed E-state index contributed by atoms with van der Waals surface area (Å²) in [6.45, 7) is 1.86. The van der Waals surface area contributed by atoms with Crippen molar-refractivity contribution in [3.05, 3.63) is 76.5 Å². The third-order valence-corrected chi connectivity index (χ3v) is 6.27. The molecule has 1 N–H and O–H groups in total. The van der Waals surface area contributed by atoms with Gasteiger partial charge in [-0.1, -0.05) is 63.7 Å². The zero-order chi connectivity index (χ0) is 20.0. The number of anilines is 1. The first kappa shape index (κ1) is 18.0. The van der Waals surface area contributed by atoms with Gasteiger partial charge in [-0.25, -0.2) is 0 Å². The van der Waals surface area contributed by atoms with E-state index in [0.717, 1.165) is 36.6 Å². The van der Waals surface area contributed by atoms with Gasteiger partial charge >= 0.3 is 0 Å². The van der Waals surface area contributed by atoms with Gasteiger partial charge in [0.2, 0.25) is 4.96 Å². The number of nitrogens with zero attached hydrogens (tertiary/aromatic N) is 4. The van der Waals surface area contributed by atoms with Crippen molar-refractivity contribution in [2.45, 2.75) is 6.92 Å². The normalized spacial score (nSPS) is 11.2. The Kier molecular flexibility index (Phi) is 4.37. The fourth-order valence-electron chi connectivity index (χ4n) is 3.23. The quantitative estimate of drug-likeness (QED) is 0.392. The Morgan fingerprint density at radius 2 is 1.83 bits per heavy atom. The summed E-state index contributed by atoms with van der Waals surface area (Å²) in [5, 5.41) is 18.4. The Hall–Kier alpha value is -3.10. The van der Waals surface area contributed by atoms with Gasteiger partial charge in [-0.15, -0.1) is 10.2 Å². The molecule has 0 unspecified atom stereocenters. The van der Waals surface area contributed by atoms with Crippen LogP contribution in [0.5, 0.6) is 0 Å². The van der Waals surface area contributed by atoms with E-state index in [2.05, 4.69) is 36.5 Å². The number of hydrogen-bond acceptors (Lipinski definition) is 5. The highest BCUT2D eigenvalue weighted by molar-refractivity contribution is 9.10. The van der Waals surface area contributed by atoms with Crippen LogP contribution in [0.3, 0.4) is 0 Å². The van der Waals surface area contributed by atoms with E-state index < -0.39 is 0 Å². The average molecular weight is 464 g/mol. The molecule has 0 aliphatic rings. The lowest BCUT2D eigenvalue weighted by molar-refractivity contribution is 0.102. The van der Waals surface area contributed by atoms with Gasteiger partial charge in [0.25, 0.3) is 5.91 Å². The summed E-state index contributed by atoms with van der Waals surface area (Å²) in [7, 11) is 0. The molecule has 0 aliphatic heterocycles. The molecule has 0 saturated carbocycles. The molecule has 0 spiro atoms. The van der Waals surface area contributed by atoms with Crippen LogP contribution in [0.2, 0.25) is 0 Å². The lowest BCUT2D eigenvalue weighted by atomic mass is 10.0. The van der Waals surface area contributed by atoms with E-state index in [4.69, 9.17) is 0 Å². The van der Waals surface area contributed by atoms with Crippen LogP contribution in [0.15, 0.2) is 65.1 Å². The van der Waals surface area contributed by atoms with Crippen molar-refractivity contribution in [2.24, 2.45) is 0 Å². The van der Waals surface area contributed by atoms with Crippen LogP contribution in [-0.4, -0.2) is 25.7 Å². The van der Waals surface area contributed by atoms with Gasteiger partial charge in [-0.05, 0) is 42.0 Å². The third-order valence-electron chi connectivity index (χ3n) is 4.63. The molecule has 0 aliphatic carbocycles. The molecule has 3 aromatic carbocycles. The van der Waals surface area contributed by atoms with E-state index in [0.29, 0.717) is 11.3 Å². The number of amides is 1. The minimum absolute atomic E-state index is 0.153. The van der Waals surface area contributed by atoms with E-state index in [-0.39, 0.29) is 5.91 Å². The van der Waals surface area contributed by atoms with E-state index in [1.807, 2.05) is 67.6 Å². The smallest absolute Gasteiger partial charge is 0.256 e. The molecular formula is C21H14BrN5OS. The first-order valence-electron chi connectivity index (χ1n) is 8.88. The van der Waals surface area contributed by atoms with Crippen molar-refractivity contribution >= 4 is 54.6 Å². The van der Waals surface area contributed by atoms with Gasteiger partial charge in [0.1, 0.15) is 5.01 Å². The number of fused-ring (bicyclic) bond motifs is 2. The number of nitrogens with one attached hydrogen (secondary N) is 1. The molecule has 2 heterocycles. The number of aryl methyl sites for hydroxylation is 1. The second-order valence-corrected chi connectivity index (χ2v) is 8.33. The molecule has 29 heavy (non-hydrogen) atoms. The van der Waals surface area contributed by atoms with Crippen LogP contribution >= 0.6 is 27.3 Å². The van der Waals surface area contributed by atoms with Crippen LogP contribution in [0.4, 0.5) is 5.69 Å². The summed E-state index contributed by atoms with van der Waals surface area (Å²) in [5.74, 6) is 0.592. The van der Waals surface area contributed by atoms with Gasteiger partial charge < -0.3 is 5.32 Å². The Bertz CT molecular complexity index is 1390. The van der Waals surface area contributed by atoms with E-state index in [9.17, 15) is 4.79 Å². The first-order valence-corrected chi connectivity index (χ1v) is 10.5. The molecule has 8 heteroatoms. The van der Waals surface area contributed by atoms with Gasteiger partial charge in [-0.3, -0.25) is 4.79 Å². The van der Waals surface area contributed by atoms with Crippen molar-refractivity contribution in [3.63, 3.8) is 0 Å². The molecule has 1 amide bonds. The van der Waals surface area contributed by atoms with Crippen molar-refractivity contribution < 1.29 is 4.79 Å². The van der Waals surface area contributed by atoms with Crippen molar-refractivity contribution in [3.8, 4) is 10.6 Å². The monoisotopic (exact) mass is 463 g/mol. The maximum absolute atomic E-state index is 13.0. The summed E-state index contributed by atoms with van der Waals surface area (Å²) >= 11 is 5.01. The number of aromatic nitrogens is 4. The zero-order valence-electron chi connectivity index (χ0n) is 15.3. The fraction of sp³-hybridized carbons (Fsp3) is 0.0476. The maximum Gasteiger partial charge on any atom is 0.256 e. The predicted molar refractivity (Wildman–Crippen MR) is 118 cm³/mol. The second kappa shape index (κ2) is 7.06. The summed E-state index contributed by atoms with van der Waals surface area (Å²) in [6.07, 6.45) is 0. The van der Waals surface area contributed by atoms with Crippen molar-refractivity contribution in [2.75, 3.05) is 5.32 Å². The Morgan fingerprint density at radius 1 is 1.03 bits per heavy atom. The van der Waals surface area contributed by atoms with Gasteiger partial charge in [0, 0.05) is 21.3 Å². The molecule has 6 nitrogen and oxygen atoms in total. The minimum Gasteiger partial charge on any atom is -0.322 e. The molecular weight excluding hydrogens is 450 g/mol. The molecule has 0 radical (unpaired) electrons. The SMILES string of the molecule is Cc1nnc2sc(-c3cccc(NC(=O)c4cccc5c(Br)cccc45)c3)nn12. The average Bonchev–Trinajstić information content (AvgIpc) is 3.30. The lowest BCUT2D eigenvalue weighted by Crippen LogP contribution is -2.12. The Labute approximate surface area is 178 Å². The number of hydrogen-bond donors (Lipinski definition) is 1. The predicted octanol–water partition coefficient (Wildman–Crippen LogP) is 5.33. The highest BCUT2D eigenvalue weighted by Crippen LogP contribution is 2.29. The lowest BCUT2D eigenvalue weighted by Gasteiger charge is -2.09. The van der Waals surface area contributed by atoms with Gasteiger partial charge in [0.05, 0.1) is 0 Å². The van der Waals surface area contributed by atoms with Crippen molar-refractivity contribution in [1.29, 1.82) is 0 Å². The molecule has 0 saturated heterocycles. The van der Waals surface area contributed by atoms with Crippen LogP contribution in [0, 0.1) is 6.92 Å². The summed E-state index contributed by atoms with van der Waals surface area (Å²) < 4.78 is 2.68. The Balaban J connectivity index is 1.47. The van der Waals surface area contributed by atoms with E-state index in [1.165, 1.54) is 11.3 Å². The van der Waals surface area contributed by atoms with Crippen LogP contribution in [-0.2, 0) is 0 Å². The molecule has 0 atom stereocenters. The van der Waals surface area contributed by atoms with Gasteiger partial charge in [0.15, 0.2) is 5.82 Å². The van der Waals surface area contributed by atoms with Crippen LogP contribution in [0.25, 0.3) is 26.3 Å². The zero-order valence-corrected chi connectivity index (χ0v) is 17.7. The number of rotatable bonds is 3. The largest absolute Gasteiger partial charge is 0.322 e. The maximum atomic E-state index is 13.0. The minimum atomic E-state index is -0.153. The molecule has 142 valence electrons. The first-order chi connectivity index (χ1) is 14.1. The van der Waals surface area contributed by atoms with Crippen molar-refractivity contribution in [1.82, 2.24) is 19.8 Å². The summed E-state index contributed by atoms with van der Waals surface area (Å²) in [4.78, 5) is 13.7. The van der Waals surface area contributed by atoms with E-state index in [1.54, 1.807) is 4.52 Å². The number of halogens is 1. The third kappa shape index (κ3) is 3.20. The molecule has 5 aromatic rings. The van der Waals surface area contributed by atoms with Crippen LogP contribution in [0.1, 0.15) is 16.2 Å². The van der Waals surface area contributed by atoms with Gasteiger partial charge in [-0.2, -0.15) is 9.61 Å². The molecule has 0 bridgehead atoms. The summed E-state index contributed by atoms with van der Waals surface area (Å²) in [5.41, 5.74) is 2.25. The highest BCUT2D eigenvalue weighted by Gasteiger charge is 2.14. The second-order valence-electron chi connectivity index (χ2n) is 6.52. The fourth-order valence-corrected chi connectivity index (χ4v) is 4.61. The topological polar surface area (TPSA) is 72.2 Å². The molecule has 5 rings (SSSR count). The molecule has 2 aromatic heterocycles. The Morgan fingerprint density at radius 3 is 2.69 bits per heavy atom. The number of carbonyl (C=O) groups excluding carboxylic acids is 1. The highest BCUT2D eigenvalue weighted by atomic mass is 79.9. The molecule has 0 fully saturated rings. The van der Waals surface area contributed by atoms with Crippen LogP contribution < -0.4 is 5.32 Å². The van der Waals surface area contributed by atoms with E-state index >= 15 is 0 Å². The number of carbonyl (C=O) groups is 1. The summed E-state index contributed by atoms with van der Waals surface area (Å²) in [6, 6.07) is 19.2. The number of benzene rings is 3.